The summed E-state index contributed by atoms with van der Waals surface area (Å²) in [7, 11) is 1.63. The first-order chi connectivity index (χ1) is 11.2. The zero-order chi connectivity index (χ0) is 16.2. The van der Waals surface area contributed by atoms with E-state index in [2.05, 4.69) is 0 Å². The summed E-state index contributed by atoms with van der Waals surface area (Å²) in [5.74, 6) is 0.551. The lowest BCUT2D eigenvalue weighted by molar-refractivity contribution is 0.104. The fourth-order valence-electron chi connectivity index (χ4n) is 2.32. The van der Waals surface area contributed by atoms with E-state index in [1.54, 1.807) is 24.6 Å². The van der Waals surface area contributed by atoms with Crippen LogP contribution in [0.25, 0.3) is 16.8 Å². The van der Waals surface area contributed by atoms with E-state index in [4.69, 9.17) is 4.74 Å². The number of hydrogen-bond acceptors (Lipinski definition) is 4. The quantitative estimate of drug-likeness (QED) is 0.398. The van der Waals surface area contributed by atoms with Gasteiger partial charge in [-0.15, -0.1) is 0 Å². The molecule has 0 N–H and O–H groups in total. The molecule has 0 aliphatic carbocycles. The van der Waals surface area contributed by atoms with Crippen LogP contribution in [0, 0.1) is 11.3 Å². The topological polar surface area (TPSA) is 50.1 Å². The molecule has 0 spiro atoms. The number of ether oxygens (including phenoxy) is 1. The van der Waals surface area contributed by atoms with E-state index < -0.39 is 0 Å². The van der Waals surface area contributed by atoms with Crippen LogP contribution in [0.5, 0.6) is 5.75 Å². The number of benzene rings is 2. The summed E-state index contributed by atoms with van der Waals surface area (Å²) in [6, 6.07) is 15.3. The molecule has 3 aromatic rings. The molecule has 0 aliphatic heterocycles. The molecule has 1 aromatic heterocycles. The molecule has 0 radical (unpaired) electrons. The zero-order valence-corrected chi connectivity index (χ0v) is 13.3. The number of Topliss-reactive ketones (excluding diaryl/α,β-unsaturated/α-hetero) is 1. The monoisotopic (exact) mass is 319 g/mol. The number of fused-ring (bicyclic) bond motifs is 1. The van der Waals surface area contributed by atoms with E-state index in [-0.39, 0.29) is 11.4 Å². The van der Waals surface area contributed by atoms with Gasteiger partial charge in [-0.2, -0.15) is 16.6 Å². The number of thiophene rings is 1. The highest BCUT2D eigenvalue weighted by molar-refractivity contribution is 7.08. The molecule has 4 heteroatoms. The Balaban J connectivity index is 1.98. The third kappa shape index (κ3) is 3.15. The Kier molecular flexibility index (Phi) is 4.22. The van der Waals surface area contributed by atoms with E-state index in [0.29, 0.717) is 5.56 Å². The van der Waals surface area contributed by atoms with Gasteiger partial charge >= 0.3 is 0 Å². The van der Waals surface area contributed by atoms with E-state index in [1.807, 2.05) is 47.8 Å². The number of nitriles is 1. The summed E-state index contributed by atoms with van der Waals surface area (Å²) in [4.78, 5) is 12.3. The molecule has 0 fully saturated rings. The van der Waals surface area contributed by atoms with Crippen molar-refractivity contribution in [3.8, 4) is 11.8 Å². The number of rotatable bonds is 4. The Hall–Kier alpha value is -2.90. The standard InChI is InChI=1S/C19H13NO2S/c1-22-18-5-4-14-8-13(2-3-15(14)10-18)9-17(11-20)19(21)16-6-7-23-12-16/h2-10,12H,1H3/b17-9+. The molecule has 0 bridgehead atoms. The lowest BCUT2D eigenvalue weighted by Crippen LogP contribution is -1.99. The van der Waals surface area contributed by atoms with Crippen LogP contribution in [0.2, 0.25) is 0 Å². The van der Waals surface area contributed by atoms with E-state index in [0.717, 1.165) is 22.1 Å². The average Bonchev–Trinajstić information content (AvgIpc) is 3.13. The number of nitrogens with zero attached hydrogens (tertiary/aromatic N) is 1. The minimum absolute atomic E-state index is 0.135. The summed E-state index contributed by atoms with van der Waals surface area (Å²) < 4.78 is 5.21. The third-order valence-corrected chi connectivity index (χ3v) is 4.21. The maximum Gasteiger partial charge on any atom is 0.204 e. The van der Waals surface area contributed by atoms with Gasteiger partial charge in [0, 0.05) is 10.9 Å². The second-order valence-corrected chi connectivity index (χ2v) is 5.76. The molecule has 1 heterocycles. The highest BCUT2D eigenvalue weighted by atomic mass is 32.1. The van der Waals surface area contributed by atoms with Gasteiger partial charge in [-0.3, -0.25) is 4.79 Å². The third-order valence-electron chi connectivity index (χ3n) is 3.53. The molecule has 0 atom stereocenters. The first kappa shape index (κ1) is 15.0. The molecular weight excluding hydrogens is 306 g/mol. The molecule has 3 rings (SSSR count). The smallest absolute Gasteiger partial charge is 0.204 e. The summed E-state index contributed by atoms with van der Waals surface area (Å²) >= 11 is 1.44. The van der Waals surface area contributed by atoms with Crippen LogP contribution < -0.4 is 4.74 Å². The van der Waals surface area contributed by atoms with Crippen LogP contribution in [0.4, 0.5) is 0 Å². The summed E-state index contributed by atoms with van der Waals surface area (Å²) in [6.07, 6.45) is 1.63. The van der Waals surface area contributed by atoms with Gasteiger partial charge in [0.15, 0.2) is 0 Å². The van der Waals surface area contributed by atoms with E-state index in [1.165, 1.54) is 11.3 Å². The lowest BCUT2D eigenvalue weighted by atomic mass is 10.0. The van der Waals surface area contributed by atoms with Crippen molar-refractivity contribution in [3.05, 3.63) is 69.9 Å². The first-order valence-corrected chi connectivity index (χ1v) is 7.92. The number of ketones is 1. The summed E-state index contributed by atoms with van der Waals surface area (Å²) in [5, 5.41) is 14.9. The SMILES string of the molecule is COc1ccc2cc(/C=C(\C#N)C(=O)c3ccsc3)ccc2c1. The maximum absolute atomic E-state index is 12.3. The second-order valence-electron chi connectivity index (χ2n) is 4.98. The Morgan fingerprint density at radius 2 is 1.96 bits per heavy atom. The minimum Gasteiger partial charge on any atom is -0.497 e. The van der Waals surface area contributed by atoms with Crippen LogP contribution in [0.15, 0.2) is 58.8 Å². The Morgan fingerprint density at radius 1 is 1.17 bits per heavy atom. The Morgan fingerprint density at radius 3 is 2.65 bits per heavy atom. The van der Waals surface area contributed by atoms with Crippen molar-refractivity contribution in [1.82, 2.24) is 0 Å². The number of carbonyl (C=O) groups is 1. The first-order valence-electron chi connectivity index (χ1n) is 6.98. The van der Waals surface area contributed by atoms with Gasteiger partial charge in [0.25, 0.3) is 0 Å². The normalized spacial score (nSPS) is 11.2. The van der Waals surface area contributed by atoms with Crippen molar-refractivity contribution in [3.63, 3.8) is 0 Å². The molecule has 0 aliphatic rings. The van der Waals surface area contributed by atoms with E-state index in [9.17, 15) is 10.1 Å². The molecule has 0 saturated heterocycles. The molecule has 112 valence electrons. The molecule has 23 heavy (non-hydrogen) atoms. The van der Waals surface area contributed by atoms with Gasteiger partial charge in [-0.05, 0) is 52.1 Å². The van der Waals surface area contributed by atoms with Gasteiger partial charge < -0.3 is 4.74 Å². The predicted molar refractivity (Wildman–Crippen MR) is 92.7 cm³/mol. The zero-order valence-electron chi connectivity index (χ0n) is 12.4. The summed E-state index contributed by atoms with van der Waals surface area (Å²) in [6.45, 7) is 0. The fraction of sp³-hybridized carbons (Fsp3) is 0.0526. The molecular formula is C19H13NO2S. The highest BCUT2D eigenvalue weighted by Crippen LogP contribution is 2.23. The number of allylic oxidation sites excluding steroid dienone is 1. The number of hydrogen-bond donors (Lipinski definition) is 0. The van der Waals surface area contributed by atoms with E-state index >= 15 is 0 Å². The van der Waals surface area contributed by atoms with Crippen molar-refractivity contribution in [2.24, 2.45) is 0 Å². The van der Waals surface area contributed by atoms with Gasteiger partial charge in [-0.1, -0.05) is 18.2 Å². The molecule has 0 saturated carbocycles. The van der Waals surface area contributed by atoms with Gasteiger partial charge in [0.2, 0.25) is 5.78 Å². The van der Waals surface area contributed by atoms with Crippen LogP contribution >= 0.6 is 11.3 Å². The lowest BCUT2D eigenvalue weighted by Gasteiger charge is -2.04. The van der Waals surface area contributed by atoms with Crippen molar-refractivity contribution >= 4 is 34.0 Å². The van der Waals surface area contributed by atoms with Gasteiger partial charge in [0.05, 0.1) is 7.11 Å². The molecule has 0 amide bonds. The fourth-order valence-corrected chi connectivity index (χ4v) is 2.96. The minimum atomic E-state index is -0.247. The van der Waals surface area contributed by atoms with Gasteiger partial charge in [-0.25, -0.2) is 0 Å². The van der Waals surface area contributed by atoms with Crippen LogP contribution in [0.1, 0.15) is 15.9 Å². The highest BCUT2D eigenvalue weighted by Gasteiger charge is 2.12. The van der Waals surface area contributed by atoms with Gasteiger partial charge in [0.1, 0.15) is 17.4 Å². The largest absolute Gasteiger partial charge is 0.497 e. The number of methoxy groups -OCH3 is 1. The summed E-state index contributed by atoms with van der Waals surface area (Å²) in [5.41, 5.74) is 1.51. The average molecular weight is 319 g/mol. The second kappa shape index (κ2) is 6.47. The Bertz CT molecular complexity index is 934. The van der Waals surface area contributed by atoms with Crippen LogP contribution in [0.3, 0.4) is 0 Å². The molecule has 0 unspecified atom stereocenters. The van der Waals surface area contributed by atoms with Crippen molar-refractivity contribution in [2.45, 2.75) is 0 Å². The van der Waals surface area contributed by atoms with Crippen LogP contribution in [-0.2, 0) is 0 Å². The molecule has 2 aromatic carbocycles. The predicted octanol–water partition coefficient (Wildman–Crippen LogP) is 4.70. The van der Waals surface area contributed by atoms with Crippen molar-refractivity contribution in [2.75, 3.05) is 7.11 Å². The Labute approximate surface area is 138 Å². The van der Waals surface area contributed by atoms with Crippen molar-refractivity contribution < 1.29 is 9.53 Å². The van der Waals surface area contributed by atoms with Crippen LogP contribution in [-0.4, -0.2) is 12.9 Å². The maximum atomic E-state index is 12.3. The van der Waals surface area contributed by atoms with Crippen molar-refractivity contribution in [1.29, 1.82) is 5.26 Å². The molecule has 3 nitrogen and oxygen atoms in total. The number of carbonyl (C=O) groups excluding carboxylic acids is 1.